The van der Waals surface area contributed by atoms with Crippen molar-refractivity contribution in [3.8, 4) is 0 Å². The van der Waals surface area contributed by atoms with Crippen LogP contribution in [0.4, 0.5) is 0 Å². The van der Waals surface area contributed by atoms with Crippen molar-refractivity contribution in [2.75, 3.05) is 39.8 Å². The summed E-state index contributed by atoms with van der Waals surface area (Å²) in [6.07, 6.45) is 6.34. The van der Waals surface area contributed by atoms with E-state index in [0.717, 1.165) is 37.9 Å². The van der Waals surface area contributed by atoms with Gasteiger partial charge in [0.25, 0.3) is 0 Å². The van der Waals surface area contributed by atoms with Crippen LogP contribution >= 0.6 is 0 Å². The standard InChI is InChI=1S/C15H25N5O/c1-18-7-6-17-15(18)13-9-16-5-8-20(13)11-14(21)19(2)10-12-3-4-12/h6-7,12-13,16H,3-5,8-11H2,1-2H3. The maximum Gasteiger partial charge on any atom is 0.236 e. The Bertz CT molecular complexity index is 496. The van der Waals surface area contributed by atoms with Gasteiger partial charge in [-0.15, -0.1) is 0 Å². The van der Waals surface area contributed by atoms with Crippen LogP contribution < -0.4 is 5.32 Å². The maximum atomic E-state index is 12.4. The number of carbonyl (C=O) groups excluding carboxylic acids is 1. The van der Waals surface area contributed by atoms with Crippen LogP contribution in [0.5, 0.6) is 0 Å². The fourth-order valence-corrected chi connectivity index (χ4v) is 2.97. The number of aryl methyl sites for hydroxylation is 1. The molecule has 1 aliphatic heterocycles. The van der Waals surface area contributed by atoms with Gasteiger partial charge in [0.1, 0.15) is 5.82 Å². The lowest BCUT2D eigenvalue weighted by molar-refractivity contribution is -0.132. The molecule has 1 amide bonds. The van der Waals surface area contributed by atoms with Gasteiger partial charge in [0.15, 0.2) is 0 Å². The summed E-state index contributed by atoms with van der Waals surface area (Å²) in [7, 11) is 3.94. The van der Waals surface area contributed by atoms with Crippen molar-refractivity contribution in [1.82, 2.24) is 24.7 Å². The summed E-state index contributed by atoms with van der Waals surface area (Å²) >= 11 is 0. The zero-order chi connectivity index (χ0) is 14.8. The summed E-state index contributed by atoms with van der Waals surface area (Å²) < 4.78 is 2.04. The van der Waals surface area contributed by atoms with Gasteiger partial charge in [-0.25, -0.2) is 4.98 Å². The molecule has 116 valence electrons. The third-order valence-corrected chi connectivity index (χ3v) is 4.50. The van der Waals surface area contributed by atoms with Gasteiger partial charge in [-0.1, -0.05) is 0 Å². The highest BCUT2D eigenvalue weighted by Crippen LogP contribution is 2.29. The quantitative estimate of drug-likeness (QED) is 0.844. The number of nitrogens with zero attached hydrogens (tertiary/aromatic N) is 4. The average molecular weight is 291 g/mol. The van der Waals surface area contributed by atoms with Gasteiger partial charge >= 0.3 is 0 Å². The van der Waals surface area contributed by atoms with Gasteiger partial charge in [-0.3, -0.25) is 9.69 Å². The number of rotatable bonds is 5. The van der Waals surface area contributed by atoms with Crippen molar-refractivity contribution in [3.63, 3.8) is 0 Å². The van der Waals surface area contributed by atoms with E-state index in [-0.39, 0.29) is 11.9 Å². The minimum absolute atomic E-state index is 0.178. The second-order valence-electron chi connectivity index (χ2n) is 6.30. The lowest BCUT2D eigenvalue weighted by Gasteiger charge is -2.36. The number of piperazine rings is 1. The van der Waals surface area contributed by atoms with Crippen LogP contribution in [0.3, 0.4) is 0 Å². The van der Waals surface area contributed by atoms with Crippen LogP contribution in [0, 0.1) is 5.92 Å². The molecule has 0 radical (unpaired) electrons. The number of carbonyl (C=O) groups is 1. The Kier molecular flexibility index (Phi) is 4.26. The van der Waals surface area contributed by atoms with Gasteiger partial charge in [0.2, 0.25) is 5.91 Å². The number of aromatic nitrogens is 2. The molecule has 1 aromatic heterocycles. The normalized spacial score (nSPS) is 23.2. The van der Waals surface area contributed by atoms with Crippen molar-refractivity contribution in [3.05, 3.63) is 18.2 Å². The summed E-state index contributed by atoms with van der Waals surface area (Å²) in [5.41, 5.74) is 0. The third-order valence-electron chi connectivity index (χ3n) is 4.50. The number of hydrogen-bond donors (Lipinski definition) is 1. The molecule has 0 aromatic carbocycles. The predicted octanol–water partition coefficient (Wildman–Crippen LogP) is 0.235. The number of hydrogen-bond acceptors (Lipinski definition) is 4. The Morgan fingerprint density at radius 1 is 1.52 bits per heavy atom. The van der Waals surface area contributed by atoms with Crippen LogP contribution in [0.25, 0.3) is 0 Å². The summed E-state index contributed by atoms with van der Waals surface area (Å²) in [4.78, 5) is 21.0. The molecule has 2 aliphatic rings. The molecular weight excluding hydrogens is 266 g/mol. The molecule has 6 heteroatoms. The minimum atomic E-state index is 0.178. The molecule has 0 spiro atoms. The van der Waals surface area contributed by atoms with Gasteiger partial charge < -0.3 is 14.8 Å². The van der Waals surface area contributed by atoms with E-state index < -0.39 is 0 Å². The van der Waals surface area contributed by atoms with E-state index in [0.29, 0.717) is 6.54 Å². The molecule has 1 N–H and O–H groups in total. The molecule has 2 heterocycles. The lowest BCUT2D eigenvalue weighted by Crippen LogP contribution is -2.50. The van der Waals surface area contributed by atoms with E-state index in [9.17, 15) is 4.79 Å². The predicted molar refractivity (Wildman–Crippen MR) is 80.8 cm³/mol. The molecule has 2 fully saturated rings. The Balaban J connectivity index is 1.63. The molecule has 1 saturated heterocycles. The number of imidazole rings is 1. The monoisotopic (exact) mass is 291 g/mol. The van der Waals surface area contributed by atoms with E-state index in [2.05, 4.69) is 15.2 Å². The summed E-state index contributed by atoms with van der Waals surface area (Å²) in [5, 5.41) is 3.41. The summed E-state index contributed by atoms with van der Waals surface area (Å²) in [6, 6.07) is 0.178. The topological polar surface area (TPSA) is 53.4 Å². The van der Waals surface area contributed by atoms with Gasteiger partial charge in [-0.05, 0) is 18.8 Å². The highest BCUT2D eigenvalue weighted by molar-refractivity contribution is 5.78. The number of amides is 1. The Morgan fingerprint density at radius 2 is 2.33 bits per heavy atom. The molecule has 1 saturated carbocycles. The minimum Gasteiger partial charge on any atom is -0.344 e. The Morgan fingerprint density at radius 3 is 3.00 bits per heavy atom. The van der Waals surface area contributed by atoms with Crippen molar-refractivity contribution < 1.29 is 4.79 Å². The van der Waals surface area contributed by atoms with E-state index in [1.165, 1.54) is 12.8 Å². The largest absolute Gasteiger partial charge is 0.344 e. The molecule has 3 rings (SSSR count). The van der Waals surface area contributed by atoms with Gasteiger partial charge in [0, 0.05) is 52.7 Å². The molecule has 0 bridgehead atoms. The fourth-order valence-electron chi connectivity index (χ4n) is 2.97. The van der Waals surface area contributed by atoms with Crippen LogP contribution in [0.1, 0.15) is 24.7 Å². The van der Waals surface area contributed by atoms with Crippen molar-refractivity contribution >= 4 is 5.91 Å². The second-order valence-corrected chi connectivity index (χ2v) is 6.30. The van der Waals surface area contributed by atoms with Crippen LogP contribution in [0.15, 0.2) is 12.4 Å². The molecular formula is C15H25N5O. The third kappa shape index (κ3) is 3.44. The first-order valence-corrected chi connectivity index (χ1v) is 7.81. The molecule has 1 aromatic rings. The molecule has 1 unspecified atom stereocenters. The van der Waals surface area contributed by atoms with Crippen molar-refractivity contribution in [2.24, 2.45) is 13.0 Å². The Labute approximate surface area is 126 Å². The van der Waals surface area contributed by atoms with E-state index in [1.54, 1.807) is 0 Å². The van der Waals surface area contributed by atoms with Crippen molar-refractivity contribution in [2.45, 2.75) is 18.9 Å². The molecule has 1 atom stereocenters. The first-order chi connectivity index (χ1) is 10.1. The van der Waals surface area contributed by atoms with Gasteiger partial charge in [-0.2, -0.15) is 0 Å². The van der Waals surface area contributed by atoms with E-state index >= 15 is 0 Å². The van der Waals surface area contributed by atoms with Crippen LogP contribution in [-0.4, -0.2) is 65.0 Å². The molecule has 21 heavy (non-hydrogen) atoms. The summed E-state index contributed by atoms with van der Waals surface area (Å²) in [6.45, 7) is 4.08. The SMILES string of the molecule is CN(CC1CC1)C(=O)CN1CCNCC1c1nccn1C. The lowest BCUT2D eigenvalue weighted by atomic mass is 10.1. The first-order valence-electron chi connectivity index (χ1n) is 7.81. The number of nitrogens with one attached hydrogen (secondary N) is 1. The first kappa shape index (κ1) is 14.5. The van der Waals surface area contributed by atoms with Crippen LogP contribution in [0.2, 0.25) is 0 Å². The zero-order valence-corrected chi connectivity index (χ0v) is 13.0. The van der Waals surface area contributed by atoms with Crippen molar-refractivity contribution in [1.29, 1.82) is 0 Å². The van der Waals surface area contributed by atoms with Crippen LogP contribution in [-0.2, 0) is 11.8 Å². The van der Waals surface area contributed by atoms with Gasteiger partial charge in [0.05, 0.1) is 12.6 Å². The fraction of sp³-hybridized carbons (Fsp3) is 0.733. The summed E-state index contributed by atoms with van der Waals surface area (Å²) in [5.74, 6) is 2.00. The highest BCUT2D eigenvalue weighted by Gasteiger charge is 2.30. The average Bonchev–Trinajstić information content (AvgIpc) is 3.19. The highest BCUT2D eigenvalue weighted by atomic mass is 16.2. The molecule has 6 nitrogen and oxygen atoms in total. The second kappa shape index (κ2) is 6.15. The molecule has 1 aliphatic carbocycles. The smallest absolute Gasteiger partial charge is 0.236 e. The van der Waals surface area contributed by atoms with E-state index in [1.807, 2.05) is 36.0 Å². The Hall–Kier alpha value is -1.40. The maximum absolute atomic E-state index is 12.4. The number of likely N-dealkylation sites (N-methyl/N-ethyl adjacent to an activating group) is 1. The zero-order valence-electron chi connectivity index (χ0n) is 13.0. The van der Waals surface area contributed by atoms with E-state index in [4.69, 9.17) is 0 Å².